The summed E-state index contributed by atoms with van der Waals surface area (Å²) in [6.07, 6.45) is 27.2. The van der Waals surface area contributed by atoms with Crippen molar-refractivity contribution in [1.29, 1.82) is 0 Å². The molecule has 4 aromatic heterocycles. The quantitative estimate of drug-likeness (QED) is 0.135. The largest absolute Gasteiger partial charge is 0.478 e. The number of carbonyl (C=O) groups excluding carboxylic acids is 2. The lowest BCUT2D eigenvalue weighted by Crippen LogP contribution is -2.12. The first kappa shape index (κ1) is 40.7. The molecule has 0 bridgehead atoms. The van der Waals surface area contributed by atoms with Crippen LogP contribution in [-0.2, 0) is 9.59 Å². The average Bonchev–Trinajstić information content (AvgIpc) is 3.23. The lowest BCUT2D eigenvalue weighted by Gasteiger charge is -2.16. The summed E-state index contributed by atoms with van der Waals surface area (Å²) in [6, 6.07) is 18.1. The van der Waals surface area contributed by atoms with Gasteiger partial charge in [0.05, 0.1) is 16.7 Å². The Balaban J connectivity index is 0.000000166. The second-order valence-corrected chi connectivity index (χ2v) is 12.9. The Hall–Kier alpha value is -7.47. The standard InChI is InChI=1S/2C18H16N2O.C9H6O6/c2*21-18-16(10-14-4-2-8-19-12-14)6-1-7-17(18)11-15-5-3-9-20-13-15;10-7(11)4-1-5(8(12)13)3-6(2-4)9(14)15/h2*2-5,8-13H,1,6-7H2;1-3H,(H,10,11)(H,12,13)(H,14,15)/b2*16-10+,17-11+;. The maximum atomic E-state index is 12.6. The molecule has 0 atom stereocenters. The molecule has 0 amide bonds. The van der Waals surface area contributed by atoms with Crippen molar-refractivity contribution in [3.8, 4) is 0 Å². The fraction of sp³-hybridized carbons (Fsp3) is 0.133. The highest BCUT2D eigenvalue weighted by Crippen LogP contribution is 2.29. The van der Waals surface area contributed by atoms with E-state index < -0.39 is 17.9 Å². The van der Waals surface area contributed by atoms with Gasteiger partial charge < -0.3 is 15.3 Å². The van der Waals surface area contributed by atoms with E-state index in [1.165, 1.54) is 0 Å². The van der Waals surface area contributed by atoms with Gasteiger partial charge in [-0.2, -0.15) is 0 Å². The Morgan fingerprint density at radius 3 is 0.877 bits per heavy atom. The fourth-order valence-electron chi connectivity index (χ4n) is 6.00. The topological polar surface area (TPSA) is 198 Å². The normalized spacial score (nSPS) is 16.6. The van der Waals surface area contributed by atoms with Crippen LogP contribution in [-0.4, -0.2) is 64.7 Å². The smallest absolute Gasteiger partial charge is 0.335 e. The third kappa shape index (κ3) is 12.3. The summed E-state index contributed by atoms with van der Waals surface area (Å²) in [5.41, 5.74) is 6.26. The first-order valence-electron chi connectivity index (χ1n) is 17.9. The summed E-state index contributed by atoms with van der Waals surface area (Å²) in [7, 11) is 0. The van der Waals surface area contributed by atoms with Gasteiger partial charge >= 0.3 is 17.9 Å². The summed E-state index contributed by atoms with van der Waals surface area (Å²) in [4.78, 5) is 73.1. The summed E-state index contributed by atoms with van der Waals surface area (Å²) in [5, 5.41) is 25.8. The van der Waals surface area contributed by atoms with Gasteiger partial charge in [0.25, 0.3) is 0 Å². The molecule has 7 rings (SSSR count). The van der Waals surface area contributed by atoms with Crippen LogP contribution < -0.4 is 0 Å². The van der Waals surface area contributed by atoms with E-state index in [1.807, 2.05) is 72.8 Å². The Morgan fingerprint density at radius 1 is 0.439 bits per heavy atom. The first-order valence-corrected chi connectivity index (χ1v) is 17.9. The van der Waals surface area contributed by atoms with Crippen LogP contribution in [0.15, 0.2) is 139 Å². The Kier molecular flexibility index (Phi) is 14.5. The van der Waals surface area contributed by atoms with E-state index >= 15 is 0 Å². The summed E-state index contributed by atoms with van der Waals surface area (Å²) < 4.78 is 0. The molecule has 2 fully saturated rings. The number of carboxylic acids is 3. The van der Waals surface area contributed by atoms with Crippen LogP contribution in [0, 0.1) is 0 Å². The van der Waals surface area contributed by atoms with Crippen molar-refractivity contribution in [2.75, 3.05) is 0 Å². The average molecular weight is 763 g/mol. The van der Waals surface area contributed by atoms with Crippen molar-refractivity contribution in [3.63, 3.8) is 0 Å². The Bertz CT molecular complexity index is 2030. The number of aromatic carboxylic acids is 3. The van der Waals surface area contributed by atoms with Crippen molar-refractivity contribution < 1.29 is 39.3 Å². The number of hydrogen-bond acceptors (Lipinski definition) is 9. The molecule has 2 saturated carbocycles. The molecule has 0 saturated heterocycles. The molecule has 4 heterocycles. The molecule has 0 aliphatic heterocycles. The second kappa shape index (κ2) is 20.3. The zero-order valence-corrected chi connectivity index (χ0v) is 30.7. The van der Waals surface area contributed by atoms with E-state index in [-0.39, 0.29) is 28.3 Å². The third-order valence-electron chi connectivity index (χ3n) is 8.73. The molecule has 3 N–H and O–H groups in total. The Morgan fingerprint density at radius 2 is 0.684 bits per heavy atom. The van der Waals surface area contributed by atoms with Crippen molar-refractivity contribution in [1.82, 2.24) is 19.9 Å². The molecular weight excluding hydrogens is 725 g/mol. The zero-order valence-electron chi connectivity index (χ0n) is 30.7. The van der Waals surface area contributed by atoms with Gasteiger partial charge in [-0.1, -0.05) is 24.3 Å². The molecule has 0 unspecified atom stereocenters. The maximum Gasteiger partial charge on any atom is 0.335 e. The van der Waals surface area contributed by atoms with Gasteiger partial charge in [0, 0.05) is 71.9 Å². The van der Waals surface area contributed by atoms with E-state index in [0.717, 1.165) is 101 Å². The molecule has 286 valence electrons. The number of carboxylic acid groups (broad SMARTS) is 3. The highest BCUT2D eigenvalue weighted by Gasteiger charge is 2.21. The van der Waals surface area contributed by atoms with E-state index in [9.17, 15) is 24.0 Å². The van der Waals surface area contributed by atoms with Crippen LogP contribution in [0.5, 0.6) is 0 Å². The van der Waals surface area contributed by atoms with Gasteiger partial charge in [0.1, 0.15) is 0 Å². The predicted molar refractivity (Wildman–Crippen MR) is 214 cm³/mol. The van der Waals surface area contributed by atoms with Crippen LogP contribution in [0.1, 0.15) is 91.9 Å². The zero-order chi connectivity index (χ0) is 40.6. The van der Waals surface area contributed by atoms with Crippen LogP contribution >= 0.6 is 0 Å². The van der Waals surface area contributed by atoms with Crippen LogP contribution in [0.4, 0.5) is 0 Å². The number of ketones is 2. The lowest BCUT2D eigenvalue weighted by atomic mass is 9.87. The highest BCUT2D eigenvalue weighted by molar-refractivity contribution is 6.14. The van der Waals surface area contributed by atoms with E-state index in [1.54, 1.807) is 49.6 Å². The third-order valence-corrected chi connectivity index (χ3v) is 8.73. The fourth-order valence-corrected chi connectivity index (χ4v) is 6.00. The number of nitrogens with zero attached hydrogens (tertiary/aromatic N) is 4. The molecular formula is C45H38N4O8. The molecule has 5 aromatic rings. The highest BCUT2D eigenvalue weighted by atomic mass is 16.4. The number of benzene rings is 1. The minimum Gasteiger partial charge on any atom is -0.478 e. The van der Waals surface area contributed by atoms with Crippen molar-refractivity contribution in [2.24, 2.45) is 0 Å². The van der Waals surface area contributed by atoms with Gasteiger partial charge in [0.15, 0.2) is 11.6 Å². The first-order chi connectivity index (χ1) is 27.6. The van der Waals surface area contributed by atoms with Crippen LogP contribution in [0.3, 0.4) is 0 Å². The lowest BCUT2D eigenvalue weighted by molar-refractivity contribution is -0.113. The van der Waals surface area contributed by atoms with E-state index in [4.69, 9.17) is 15.3 Å². The van der Waals surface area contributed by atoms with Crippen molar-refractivity contribution in [2.45, 2.75) is 38.5 Å². The van der Waals surface area contributed by atoms with Crippen LogP contribution in [0.25, 0.3) is 24.3 Å². The number of rotatable bonds is 7. The number of aromatic nitrogens is 4. The van der Waals surface area contributed by atoms with Gasteiger partial charge in [-0.25, -0.2) is 14.4 Å². The molecule has 1 aromatic carbocycles. The van der Waals surface area contributed by atoms with Crippen molar-refractivity contribution in [3.05, 3.63) is 178 Å². The van der Waals surface area contributed by atoms with E-state index in [2.05, 4.69) is 19.9 Å². The molecule has 2 aliphatic rings. The number of allylic oxidation sites excluding steroid dienone is 4. The van der Waals surface area contributed by atoms with Crippen molar-refractivity contribution >= 4 is 53.8 Å². The molecule has 0 spiro atoms. The van der Waals surface area contributed by atoms with Crippen LogP contribution in [0.2, 0.25) is 0 Å². The van der Waals surface area contributed by atoms with Gasteiger partial charge in [-0.15, -0.1) is 0 Å². The maximum absolute atomic E-state index is 12.6. The summed E-state index contributed by atoms with van der Waals surface area (Å²) in [5.74, 6) is -3.83. The predicted octanol–water partition coefficient (Wildman–Crippen LogP) is 8.17. The Labute approximate surface area is 328 Å². The number of carbonyl (C=O) groups is 5. The monoisotopic (exact) mass is 762 g/mol. The van der Waals surface area contributed by atoms with Gasteiger partial charge in [-0.3, -0.25) is 29.5 Å². The molecule has 57 heavy (non-hydrogen) atoms. The number of Topliss-reactive ketones (excluding diaryl/α,β-unsaturated/α-hetero) is 2. The summed E-state index contributed by atoms with van der Waals surface area (Å²) >= 11 is 0. The van der Waals surface area contributed by atoms with E-state index in [0.29, 0.717) is 0 Å². The number of hydrogen-bond donors (Lipinski definition) is 3. The second-order valence-electron chi connectivity index (χ2n) is 12.9. The summed E-state index contributed by atoms with van der Waals surface area (Å²) in [6.45, 7) is 0. The molecule has 12 nitrogen and oxygen atoms in total. The SMILES string of the molecule is O=C(O)c1cc(C(=O)O)cc(C(=O)O)c1.O=C1/C(=C/c2cccnc2)CCC/C1=C\c1cccnc1.O=C1/C(=C/c2cccnc2)CCC/C1=C\c1cccnc1. The van der Waals surface area contributed by atoms with Gasteiger partial charge in [0.2, 0.25) is 0 Å². The minimum atomic E-state index is -1.37. The molecule has 12 heteroatoms. The molecule has 2 aliphatic carbocycles. The van der Waals surface area contributed by atoms with Gasteiger partial charge in [-0.05, 0) is 128 Å². The molecule has 0 radical (unpaired) electrons. The minimum absolute atomic E-state index is 0.147. The number of pyridine rings is 4.